The molecule has 5 nitrogen and oxygen atoms in total. The molecule has 0 saturated heterocycles. The first-order valence-corrected chi connectivity index (χ1v) is 6.12. The van der Waals surface area contributed by atoms with Crippen molar-refractivity contribution in [2.24, 2.45) is 5.73 Å². The van der Waals surface area contributed by atoms with Crippen molar-refractivity contribution in [2.75, 3.05) is 41.0 Å². The molecule has 0 aliphatic carbocycles. The van der Waals surface area contributed by atoms with Crippen LogP contribution in [0.1, 0.15) is 18.0 Å². The maximum absolute atomic E-state index is 5.85. The number of hydrogen-bond acceptors (Lipinski definition) is 5. The Morgan fingerprint density at radius 3 is 2.67 bits per heavy atom. The van der Waals surface area contributed by atoms with Gasteiger partial charge in [0, 0.05) is 45.1 Å². The van der Waals surface area contributed by atoms with E-state index in [9.17, 15) is 0 Å². The molecule has 1 heterocycles. The van der Waals surface area contributed by atoms with Crippen molar-refractivity contribution in [3.8, 4) is 5.88 Å². The number of methoxy groups -OCH3 is 2. The number of nitrogens with two attached hydrogens (primary N) is 1. The first-order chi connectivity index (χ1) is 8.72. The number of likely N-dealkylation sites (N-methyl/N-ethyl adjacent to an activating group) is 1. The Balaban J connectivity index is 2.62. The van der Waals surface area contributed by atoms with E-state index in [-0.39, 0.29) is 6.04 Å². The summed E-state index contributed by atoms with van der Waals surface area (Å²) in [5, 5.41) is 0. The van der Waals surface area contributed by atoms with E-state index in [2.05, 4.69) is 16.9 Å². The van der Waals surface area contributed by atoms with Crippen LogP contribution >= 0.6 is 0 Å². The first kappa shape index (κ1) is 14.9. The summed E-state index contributed by atoms with van der Waals surface area (Å²) in [6.07, 6.45) is 2.82. The summed E-state index contributed by atoms with van der Waals surface area (Å²) in [5.74, 6) is 0.622. The molecule has 0 aliphatic heterocycles. The molecule has 0 fully saturated rings. The molecule has 0 amide bonds. The largest absolute Gasteiger partial charge is 0.481 e. The summed E-state index contributed by atoms with van der Waals surface area (Å²) in [6.45, 7) is 2.28. The first-order valence-electron chi connectivity index (χ1n) is 6.12. The van der Waals surface area contributed by atoms with Crippen LogP contribution in [-0.2, 0) is 4.74 Å². The van der Waals surface area contributed by atoms with Crippen molar-refractivity contribution in [1.82, 2.24) is 9.88 Å². The highest BCUT2D eigenvalue weighted by atomic mass is 16.5. The second-order valence-corrected chi connectivity index (χ2v) is 4.21. The molecule has 1 aromatic heterocycles. The van der Waals surface area contributed by atoms with Crippen LogP contribution in [-0.4, -0.2) is 50.8 Å². The van der Waals surface area contributed by atoms with Gasteiger partial charge in [-0.1, -0.05) is 6.07 Å². The summed E-state index contributed by atoms with van der Waals surface area (Å²) >= 11 is 0. The molecule has 0 saturated carbocycles. The van der Waals surface area contributed by atoms with Crippen molar-refractivity contribution in [3.05, 3.63) is 23.9 Å². The van der Waals surface area contributed by atoms with Crippen molar-refractivity contribution in [2.45, 2.75) is 12.5 Å². The minimum atomic E-state index is 0.181. The molecule has 0 aliphatic rings. The third-order valence-corrected chi connectivity index (χ3v) is 2.97. The lowest BCUT2D eigenvalue weighted by molar-refractivity contribution is 0.166. The highest BCUT2D eigenvalue weighted by Crippen LogP contribution is 2.19. The summed E-state index contributed by atoms with van der Waals surface area (Å²) in [7, 11) is 5.39. The van der Waals surface area contributed by atoms with E-state index in [1.165, 1.54) is 0 Å². The van der Waals surface area contributed by atoms with Gasteiger partial charge in [0.1, 0.15) is 0 Å². The summed E-state index contributed by atoms with van der Waals surface area (Å²) in [5.41, 5.74) is 6.96. The average molecular weight is 253 g/mol. The van der Waals surface area contributed by atoms with Gasteiger partial charge in [-0.25, -0.2) is 4.98 Å². The van der Waals surface area contributed by atoms with E-state index in [1.54, 1.807) is 14.2 Å². The fraction of sp³-hybridized carbons (Fsp3) is 0.615. The van der Waals surface area contributed by atoms with Crippen LogP contribution < -0.4 is 10.5 Å². The molecule has 1 aromatic rings. The van der Waals surface area contributed by atoms with Crippen molar-refractivity contribution < 1.29 is 9.47 Å². The standard InChI is InChI=1S/C13H23N3O2/c1-16(7-4-8-17-2)12(9-14)11-5-6-13(18-3)15-10-11/h5-6,10,12H,4,7-9,14H2,1-3H3. The highest BCUT2D eigenvalue weighted by molar-refractivity contribution is 5.21. The van der Waals surface area contributed by atoms with Gasteiger partial charge in [-0.05, 0) is 19.0 Å². The normalized spacial score (nSPS) is 12.7. The fourth-order valence-electron chi connectivity index (χ4n) is 1.89. The number of hydrogen-bond donors (Lipinski definition) is 1. The van der Waals surface area contributed by atoms with Gasteiger partial charge in [0.2, 0.25) is 5.88 Å². The zero-order valence-electron chi connectivity index (χ0n) is 11.4. The Morgan fingerprint density at radius 2 is 2.17 bits per heavy atom. The van der Waals surface area contributed by atoms with Crippen LogP contribution in [0.3, 0.4) is 0 Å². The monoisotopic (exact) mass is 253 g/mol. The van der Waals surface area contributed by atoms with Crippen LogP contribution in [0.25, 0.3) is 0 Å². The molecule has 18 heavy (non-hydrogen) atoms. The van der Waals surface area contributed by atoms with Gasteiger partial charge in [0.05, 0.1) is 7.11 Å². The average Bonchev–Trinajstić information content (AvgIpc) is 2.41. The van der Waals surface area contributed by atoms with Gasteiger partial charge >= 0.3 is 0 Å². The summed E-state index contributed by atoms with van der Waals surface area (Å²) < 4.78 is 10.1. The topological polar surface area (TPSA) is 60.6 Å². The molecule has 1 unspecified atom stereocenters. The molecule has 0 spiro atoms. The van der Waals surface area contributed by atoms with Crippen molar-refractivity contribution in [3.63, 3.8) is 0 Å². The summed E-state index contributed by atoms with van der Waals surface area (Å²) in [4.78, 5) is 6.44. The lowest BCUT2D eigenvalue weighted by atomic mass is 10.1. The molecular formula is C13H23N3O2. The molecule has 2 N–H and O–H groups in total. The Bertz CT molecular complexity index is 330. The summed E-state index contributed by atoms with van der Waals surface area (Å²) in [6, 6.07) is 4.05. The van der Waals surface area contributed by atoms with Crippen LogP contribution in [0, 0.1) is 0 Å². The lowest BCUT2D eigenvalue weighted by Gasteiger charge is -2.27. The molecule has 0 radical (unpaired) electrons. The Morgan fingerprint density at radius 1 is 1.39 bits per heavy atom. The minimum absolute atomic E-state index is 0.181. The van der Waals surface area contributed by atoms with Gasteiger partial charge in [0.25, 0.3) is 0 Å². The van der Waals surface area contributed by atoms with Crippen LogP contribution in [0.15, 0.2) is 18.3 Å². The maximum atomic E-state index is 5.85. The molecule has 0 aromatic carbocycles. The number of ether oxygens (including phenoxy) is 2. The van der Waals surface area contributed by atoms with E-state index in [0.717, 1.165) is 25.1 Å². The van der Waals surface area contributed by atoms with E-state index in [1.807, 2.05) is 18.3 Å². The lowest BCUT2D eigenvalue weighted by Crippen LogP contribution is -2.31. The zero-order valence-corrected chi connectivity index (χ0v) is 11.4. The fourth-order valence-corrected chi connectivity index (χ4v) is 1.89. The van der Waals surface area contributed by atoms with E-state index in [0.29, 0.717) is 12.4 Å². The minimum Gasteiger partial charge on any atom is -0.481 e. The van der Waals surface area contributed by atoms with Crippen LogP contribution in [0.5, 0.6) is 5.88 Å². The van der Waals surface area contributed by atoms with Gasteiger partial charge in [0.15, 0.2) is 0 Å². The van der Waals surface area contributed by atoms with Crippen molar-refractivity contribution in [1.29, 1.82) is 0 Å². The van der Waals surface area contributed by atoms with Gasteiger partial charge < -0.3 is 15.2 Å². The Kier molecular flexibility index (Phi) is 6.64. The number of rotatable bonds is 8. The Hall–Kier alpha value is -1.17. The molecular weight excluding hydrogens is 230 g/mol. The molecule has 5 heteroatoms. The molecule has 1 rings (SSSR count). The van der Waals surface area contributed by atoms with Crippen LogP contribution in [0.2, 0.25) is 0 Å². The predicted molar refractivity (Wildman–Crippen MR) is 71.7 cm³/mol. The number of pyridine rings is 1. The second-order valence-electron chi connectivity index (χ2n) is 4.21. The Labute approximate surface area is 109 Å². The van der Waals surface area contributed by atoms with Gasteiger partial charge in [-0.2, -0.15) is 0 Å². The number of nitrogens with zero attached hydrogens (tertiary/aromatic N) is 2. The van der Waals surface area contributed by atoms with Gasteiger partial charge in [-0.15, -0.1) is 0 Å². The quantitative estimate of drug-likeness (QED) is 0.702. The SMILES string of the molecule is COCCCN(C)C(CN)c1ccc(OC)nc1. The van der Waals surface area contributed by atoms with E-state index < -0.39 is 0 Å². The third kappa shape index (κ3) is 4.25. The highest BCUT2D eigenvalue weighted by Gasteiger charge is 2.15. The third-order valence-electron chi connectivity index (χ3n) is 2.97. The predicted octanol–water partition coefficient (Wildman–Crippen LogP) is 1.06. The second kappa shape index (κ2) is 8.02. The molecule has 0 bridgehead atoms. The van der Waals surface area contributed by atoms with Crippen molar-refractivity contribution >= 4 is 0 Å². The van der Waals surface area contributed by atoms with Gasteiger partial charge in [-0.3, -0.25) is 4.90 Å². The zero-order chi connectivity index (χ0) is 13.4. The number of aromatic nitrogens is 1. The molecule has 1 atom stereocenters. The maximum Gasteiger partial charge on any atom is 0.212 e. The van der Waals surface area contributed by atoms with Crippen LogP contribution in [0.4, 0.5) is 0 Å². The molecule has 102 valence electrons. The smallest absolute Gasteiger partial charge is 0.212 e. The van der Waals surface area contributed by atoms with E-state index in [4.69, 9.17) is 15.2 Å². The van der Waals surface area contributed by atoms with E-state index >= 15 is 0 Å².